The fourth-order valence-corrected chi connectivity index (χ4v) is 1.79. The van der Waals surface area contributed by atoms with Crippen LogP contribution in [0.15, 0.2) is 35.6 Å². The lowest BCUT2D eigenvalue weighted by atomic mass is 10.1. The van der Waals surface area contributed by atoms with Crippen molar-refractivity contribution in [2.45, 2.75) is 6.54 Å². The van der Waals surface area contributed by atoms with Gasteiger partial charge in [-0.15, -0.1) is 0 Å². The lowest BCUT2D eigenvalue weighted by Crippen LogP contribution is -2.10. The molecule has 2 rings (SSSR count). The molecule has 0 aliphatic carbocycles. The third-order valence-electron chi connectivity index (χ3n) is 2.68. The van der Waals surface area contributed by atoms with Gasteiger partial charge in [-0.05, 0) is 35.4 Å². The number of hydrogen-bond acceptors (Lipinski definition) is 4. The minimum atomic E-state index is -1.09. The number of aromatic nitrogens is 2. The van der Waals surface area contributed by atoms with Crippen LogP contribution in [-0.2, 0) is 6.54 Å². The molecule has 2 aromatic rings. The third kappa shape index (κ3) is 2.55. The van der Waals surface area contributed by atoms with Crippen molar-refractivity contribution in [3.05, 3.63) is 52.2 Å². The number of hydrogen-bond donors (Lipinski definition) is 1. The predicted molar refractivity (Wildman–Crippen MR) is 69.9 cm³/mol. The molecule has 0 amide bonds. The van der Waals surface area contributed by atoms with Crippen molar-refractivity contribution in [1.29, 1.82) is 0 Å². The molecular formula is C12H11N5O3. The van der Waals surface area contributed by atoms with Crippen molar-refractivity contribution in [2.24, 2.45) is 5.11 Å². The lowest BCUT2D eigenvalue weighted by molar-refractivity contribution is 0.0687. The number of aromatic carboxylic acids is 1. The highest BCUT2D eigenvalue weighted by Gasteiger charge is 2.14. The Morgan fingerprint density at radius 1 is 1.55 bits per heavy atom. The van der Waals surface area contributed by atoms with E-state index in [1.165, 1.54) is 24.1 Å². The molecular weight excluding hydrogens is 262 g/mol. The van der Waals surface area contributed by atoms with Gasteiger partial charge >= 0.3 is 5.97 Å². The summed E-state index contributed by atoms with van der Waals surface area (Å²) in [7, 11) is 1.52. The Hall–Kier alpha value is -2.99. The normalized spacial score (nSPS) is 9.85. The number of ether oxygens (including phenoxy) is 1. The minimum absolute atomic E-state index is 0.0253. The van der Waals surface area contributed by atoms with Crippen LogP contribution >= 0.6 is 0 Å². The van der Waals surface area contributed by atoms with Crippen LogP contribution in [0.4, 0.5) is 0 Å². The first-order valence-electron chi connectivity index (χ1n) is 5.63. The average Bonchev–Trinajstić information content (AvgIpc) is 2.94. The van der Waals surface area contributed by atoms with Crippen LogP contribution in [0.25, 0.3) is 16.1 Å². The molecule has 0 aliphatic rings. The number of methoxy groups -OCH3 is 1. The van der Waals surface area contributed by atoms with Crippen LogP contribution in [0.1, 0.15) is 16.1 Å². The maximum atomic E-state index is 11.1. The highest BCUT2D eigenvalue weighted by atomic mass is 16.5. The maximum absolute atomic E-state index is 11.1. The Labute approximate surface area is 113 Å². The number of rotatable bonds is 5. The molecule has 20 heavy (non-hydrogen) atoms. The number of azide groups is 1. The van der Waals surface area contributed by atoms with Crippen LogP contribution in [-0.4, -0.2) is 28.0 Å². The van der Waals surface area contributed by atoms with Crippen molar-refractivity contribution < 1.29 is 14.6 Å². The van der Waals surface area contributed by atoms with Gasteiger partial charge in [0.1, 0.15) is 5.75 Å². The summed E-state index contributed by atoms with van der Waals surface area (Å²) in [5, 5.41) is 16.6. The van der Waals surface area contributed by atoms with Crippen molar-refractivity contribution >= 4 is 5.97 Å². The van der Waals surface area contributed by atoms with Gasteiger partial charge in [-0.1, -0.05) is 5.11 Å². The molecule has 1 aromatic carbocycles. The Bertz CT molecular complexity index is 688. The minimum Gasteiger partial charge on any atom is -0.497 e. The first-order chi connectivity index (χ1) is 9.67. The zero-order valence-electron chi connectivity index (χ0n) is 10.6. The molecule has 0 saturated heterocycles. The van der Waals surface area contributed by atoms with E-state index in [0.717, 1.165) is 0 Å². The summed E-state index contributed by atoms with van der Waals surface area (Å²) in [4.78, 5) is 13.8. The second kappa shape index (κ2) is 5.77. The molecule has 102 valence electrons. The monoisotopic (exact) mass is 273 g/mol. The van der Waals surface area contributed by atoms with Gasteiger partial charge in [0.15, 0.2) is 5.69 Å². The Balaban J connectivity index is 2.57. The van der Waals surface area contributed by atoms with Gasteiger partial charge in [0, 0.05) is 4.91 Å². The molecule has 1 heterocycles. The number of carboxylic acids is 1. The zero-order valence-corrected chi connectivity index (χ0v) is 10.6. The lowest BCUT2D eigenvalue weighted by Gasteiger charge is -2.11. The summed E-state index contributed by atoms with van der Waals surface area (Å²) in [6.45, 7) is 0.0714. The van der Waals surface area contributed by atoms with E-state index in [-0.39, 0.29) is 12.2 Å². The zero-order chi connectivity index (χ0) is 14.5. The summed E-state index contributed by atoms with van der Waals surface area (Å²) in [6.07, 6.45) is 1.39. The van der Waals surface area contributed by atoms with Gasteiger partial charge in [0.05, 0.1) is 25.5 Å². The molecule has 8 nitrogen and oxygen atoms in total. The first-order valence-corrected chi connectivity index (χ1v) is 5.63. The SMILES string of the molecule is COc1ccc(-n2nccc2C(=O)O)c(CN=[N+]=[N-])c1. The Morgan fingerprint density at radius 2 is 2.35 bits per heavy atom. The molecule has 0 unspecified atom stereocenters. The van der Waals surface area contributed by atoms with Crippen molar-refractivity contribution in [2.75, 3.05) is 7.11 Å². The van der Waals surface area contributed by atoms with Crippen LogP contribution in [0.5, 0.6) is 5.75 Å². The van der Waals surface area contributed by atoms with E-state index in [1.807, 2.05) is 0 Å². The molecule has 0 spiro atoms. The third-order valence-corrected chi connectivity index (χ3v) is 2.68. The van der Waals surface area contributed by atoms with Gasteiger partial charge in [0.25, 0.3) is 0 Å². The predicted octanol–water partition coefficient (Wildman–Crippen LogP) is 2.39. The van der Waals surface area contributed by atoms with E-state index in [0.29, 0.717) is 17.0 Å². The molecule has 0 aliphatic heterocycles. The highest BCUT2D eigenvalue weighted by Crippen LogP contribution is 2.23. The van der Waals surface area contributed by atoms with Crippen LogP contribution in [0.3, 0.4) is 0 Å². The van der Waals surface area contributed by atoms with E-state index < -0.39 is 5.97 Å². The second-order valence-corrected chi connectivity index (χ2v) is 3.82. The molecule has 0 bridgehead atoms. The molecule has 0 saturated carbocycles. The summed E-state index contributed by atoms with van der Waals surface area (Å²) in [6, 6.07) is 6.42. The van der Waals surface area contributed by atoms with Crippen LogP contribution < -0.4 is 4.74 Å². The summed E-state index contributed by atoms with van der Waals surface area (Å²) < 4.78 is 6.39. The van der Waals surface area contributed by atoms with Gasteiger partial charge < -0.3 is 9.84 Å². The van der Waals surface area contributed by atoms with Crippen LogP contribution in [0.2, 0.25) is 0 Å². The van der Waals surface area contributed by atoms with Gasteiger partial charge in [-0.3, -0.25) is 0 Å². The topological polar surface area (TPSA) is 113 Å². The Morgan fingerprint density at radius 3 is 3.00 bits per heavy atom. The fourth-order valence-electron chi connectivity index (χ4n) is 1.79. The summed E-state index contributed by atoms with van der Waals surface area (Å²) in [5.41, 5.74) is 9.60. The first kappa shape index (κ1) is 13.4. The number of benzene rings is 1. The van der Waals surface area contributed by atoms with Gasteiger partial charge in [0.2, 0.25) is 0 Å². The van der Waals surface area contributed by atoms with Gasteiger partial charge in [-0.25, -0.2) is 9.48 Å². The Kier molecular flexibility index (Phi) is 3.88. The van der Waals surface area contributed by atoms with E-state index in [9.17, 15) is 4.79 Å². The number of carbonyl (C=O) groups is 1. The van der Waals surface area contributed by atoms with E-state index >= 15 is 0 Å². The van der Waals surface area contributed by atoms with Crippen LogP contribution in [0, 0.1) is 0 Å². The van der Waals surface area contributed by atoms with E-state index in [2.05, 4.69) is 15.1 Å². The van der Waals surface area contributed by atoms with Crippen molar-refractivity contribution in [3.63, 3.8) is 0 Å². The highest BCUT2D eigenvalue weighted by molar-refractivity contribution is 5.86. The molecule has 1 aromatic heterocycles. The van der Waals surface area contributed by atoms with E-state index in [1.54, 1.807) is 18.2 Å². The molecule has 8 heteroatoms. The maximum Gasteiger partial charge on any atom is 0.354 e. The van der Waals surface area contributed by atoms with Crippen molar-refractivity contribution in [3.8, 4) is 11.4 Å². The molecule has 0 radical (unpaired) electrons. The summed E-state index contributed by atoms with van der Waals surface area (Å²) in [5.74, 6) is -0.506. The second-order valence-electron chi connectivity index (χ2n) is 3.82. The largest absolute Gasteiger partial charge is 0.497 e. The van der Waals surface area contributed by atoms with Gasteiger partial charge in [-0.2, -0.15) is 5.10 Å². The van der Waals surface area contributed by atoms with Crippen molar-refractivity contribution in [1.82, 2.24) is 9.78 Å². The number of carboxylic acid groups (broad SMARTS) is 1. The summed E-state index contributed by atoms with van der Waals surface area (Å²) >= 11 is 0. The molecule has 1 N–H and O–H groups in total. The average molecular weight is 273 g/mol. The van der Waals surface area contributed by atoms with E-state index in [4.69, 9.17) is 15.4 Å². The molecule has 0 atom stereocenters. The quantitative estimate of drug-likeness (QED) is 0.511. The number of nitrogens with zero attached hydrogens (tertiary/aromatic N) is 5. The molecule has 0 fully saturated rings. The standard InChI is InChI=1S/C12H11N5O3/c1-20-9-2-3-10(8(6-9)7-14-16-13)17-11(12(18)19)4-5-15-17/h2-6H,7H2,1H3,(H,18,19). The smallest absolute Gasteiger partial charge is 0.354 e. The fraction of sp³-hybridized carbons (Fsp3) is 0.167.